The predicted octanol–water partition coefficient (Wildman–Crippen LogP) is 1.03. The molecule has 0 spiro atoms. The summed E-state index contributed by atoms with van der Waals surface area (Å²) in [5.74, 6) is -1.67. The summed E-state index contributed by atoms with van der Waals surface area (Å²) in [6.07, 6.45) is 1.43. The fourth-order valence-corrected chi connectivity index (χ4v) is 2.45. The van der Waals surface area contributed by atoms with E-state index >= 15 is 0 Å². The van der Waals surface area contributed by atoms with E-state index in [1.807, 2.05) is 0 Å². The molecule has 22 heavy (non-hydrogen) atoms. The maximum absolute atomic E-state index is 12.2. The van der Waals surface area contributed by atoms with Gasteiger partial charge >= 0.3 is 5.91 Å². The number of imide groups is 1. The van der Waals surface area contributed by atoms with Crippen molar-refractivity contribution < 1.29 is 14.4 Å². The van der Waals surface area contributed by atoms with Crippen molar-refractivity contribution in [2.24, 2.45) is 5.10 Å². The van der Waals surface area contributed by atoms with E-state index in [0.717, 1.165) is 0 Å². The largest absolute Gasteiger partial charge is 0.320 e. The molecule has 0 radical (unpaired) electrons. The summed E-state index contributed by atoms with van der Waals surface area (Å²) in [4.78, 5) is 40.4. The summed E-state index contributed by atoms with van der Waals surface area (Å²) in [6, 6.07) is 10.0. The van der Waals surface area contributed by atoms with Crippen molar-refractivity contribution in [3.05, 3.63) is 59.4 Å². The lowest BCUT2D eigenvalue weighted by atomic mass is 10.1. The Labute approximate surface area is 124 Å². The number of hydrogen-bond acceptors (Lipinski definition) is 5. The molecule has 2 aliphatic heterocycles. The van der Waals surface area contributed by atoms with Gasteiger partial charge in [0.25, 0.3) is 11.8 Å². The van der Waals surface area contributed by atoms with Gasteiger partial charge in [0.2, 0.25) is 0 Å². The summed E-state index contributed by atoms with van der Waals surface area (Å²) in [6.45, 7) is 0. The van der Waals surface area contributed by atoms with Gasteiger partial charge in [-0.2, -0.15) is 10.1 Å². The summed E-state index contributed by atoms with van der Waals surface area (Å²) >= 11 is 0. The molecule has 1 N–H and O–H groups in total. The van der Waals surface area contributed by atoms with Gasteiger partial charge in [0.1, 0.15) is 5.69 Å². The van der Waals surface area contributed by atoms with Crippen LogP contribution in [0, 0.1) is 0 Å². The van der Waals surface area contributed by atoms with E-state index in [-0.39, 0.29) is 17.0 Å². The number of nitrogens with one attached hydrogen (secondary N) is 1. The molecule has 0 fully saturated rings. The SMILES string of the molecule is O=C1Nc2ccccc2/C1=N\N1C(=O)c2cccnc2C1=O. The molecule has 2 aliphatic rings. The molecule has 0 saturated carbocycles. The van der Waals surface area contributed by atoms with Gasteiger partial charge in [0.05, 0.1) is 11.3 Å². The van der Waals surface area contributed by atoms with Gasteiger partial charge in [-0.25, -0.2) is 0 Å². The Morgan fingerprint density at radius 1 is 0.955 bits per heavy atom. The van der Waals surface area contributed by atoms with Crippen molar-refractivity contribution in [3.8, 4) is 0 Å². The fourth-order valence-electron chi connectivity index (χ4n) is 2.45. The topological polar surface area (TPSA) is 91.7 Å². The predicted molar refractivity (Wildman–Crippen MR) is 76.3 cm³/mol. The van der Waals surface area contributed by atoms with Crippen LogP contribution < -0.4 is 5.32 Å². The zero-order valence-corrected chi connectivity index (χ0v) is 11.1. The summed E-state index contributed by atoms with van der Waals surface area (Å²) in [5.41, 5.74) is 1.41. The number of carbonyl (C=O) groups is 3. The van der Waals surface area contributed by atoms with E-state index in [4.69, 9.17) is 0 Å². The number of amides is 3. The van der Waals surface area contributed by atoms with Crippen molar-refractivity contribution in [1.29, 1.82) is 0 Å². The molecular formula is C15H8N4O3. The first-order chi connectivity index (χ1) is 10.7. The molecule has 2 aromatic rings. The first-order valence-electron chi connectivity index (χ1n) is 6.50. The first-order valence-corrected chi connectivity index (χ1v) is 6.50. The molecule has 1 aromatic heterocycles. The summed E-state index contributed by atoms with van der Waals surface area (Å²) in [5, 5.41) is 7.30. The highest BCUT2D eigenvalue weighted by atomic mass is 16.2. The molecule has 7 nitrogen and oxygen atoms in total. The number of para-hydroxylation sites is 1. The van der Waals surface area contributed by atoms with Crippen molar-refractivity contribution in [1.82, 2.24) is 9.99 Å². The number of hydrogen-bond donors (Lipinski definition) is 1. The van der Waals surface area contributed by atoms with Gasteiger partial charge in [-0.1, -0.05) is 18.2 Å². The average molecular weight is 292 g/mol. The zero-order chi connectivity index (χ0) is 15.3. The number of carbonyl (C=O) groups excluding carboxylic acids is 3. The minimum Gasteiger partial charge on any atom is -0.320 e. The smallest absolute Gasteiger partial charge is 0.300 e. The third kappa shape index (κ3) is 1.59. The second-order valence-corrected chi connectivity index (χ2v) is 4.77. The van der Waals surface area contributed by atoms with Gasteiger partial charge in [-0.15, -0.1) is 0 Å². The van der Waals surface area contributed by atoms with Crippen LogP contribution in [0.15, 0.2) is 47.7 Å². The Bertz CT molecular complexity index is 853. The molecule has 3 amide bonds. The molecule has 0 saturated heterocycles. The maximum Gasteiger partial charge on any atom is 0.300 e. The van der Waals surface area contributed by atoms with Crippen LogP contribution in [0.5, 0.6) is 0 Å². The highest BCUT2D eigenvalue weighted by Crippen LogP contribution is 2.26. The minimum atomic E-state index is -0.634. The quantitative estimate of drug-likeness (QED) is 0.795. The van der Waals surface area contributed by atoms with E-state index in [1.165, 1.54) is 12.3 Å². The molecule has 7 heteroatoms. The van der Waals surface area contributed by atoms with Crippen LogP contribution in [0.2, 0.25) is 0 Å². The van der Waals surface area contributed by atoms with E-state index < -0.39 is 17.7 Å². The maximum atomic E-state index is 12.2. The Balaban J connectivity index is 1.81. The number of pyridine rings is 1. The Kier molecular flexibility index (Phi) is 2.43. The van der Waals surface area contributed by atoms with Crippen molar-refractivity contribution in [2.75, 3.05) is 5.32 Å². The lowest BCUT2D eigenvalue weighted by Crippen LogP contribution is -2.28. The van der Waals surface area contributed by atoms with Crippen molar-refractivity contribution >= 4 is 29.1 Å². The first kappa shape index (κ1) is 12.4. The molecule has 1 aromatic carbocycles. The standard InChI is InChI=1S/C15H8N4O3/c20-13-11(8-4-1-2-6-10(8)17-13)18-19-14(21)9-5-3-7-16-12(9)15(19)22/h1-7H,(H,17,18,20). The lowest BCUT2D eigenvalue weighted by molar-refractivity contribution is -0.110. The van der Waals surface area contributed by atoms with E-state index in [2.05, 4.69) is 15.4 Å². The van der Waals surface area contributed by atoms with E-state index in [1.54, 1.807) is 30.3 Å². The van der Waals surface area contributed by atoms with Gasteiger partial charge < -0.3 is 5.32 Å². The normalized spacial score (nSPS) is 17.7. The Morgan fingerprint density at radius 2 is 1.73 bits per heavy atom. The van der Waals surface area contributed by atoms with Gasteiger partial charge in [0.15, 0.2) is 5.71 Å². The van der Waals surface area contributed by atoms with E-state index in [0.29, 0.717) is 16.3 Å². The van der Waals surface area contributed by atoms with E-state index in [9.17, 15) is 14.4 Å². The van der Waals surface area contributed by atoms with Gasteiger partial charge in [-0.3, -0.25) is 19.4 Å². The second-order valence-electron chi connectivity index (χ2n) is 4.77. The molecule has 0 unspecified atom stereocenters. The van der Waals surface area contributed by atoms with Crippen LogP contribution in [-0.2, 0) is 4.79 Å². The number of aromatic nitrogens is 1. The van der Waals surface area contributed by atoms with Crippen LogP contribution in [-0.4, -0.2) is 33.4 Å². The third-order valence-electron chi connectivity index (χ3n) is 3.47. The molecule has 106 valence electrons. The average Bonchev–Trinajstić information content (AvgIpc) is 2.98. The third-order valence-corrected chi connectivity index (χ3v) is 3.47. The number of rotatable bonds is 1. The number of fused-ring (bicyclic) bond motifs is 2. The highest BCUT2D eigenvalue weighted by Gasteiger charge is 2.38. The molecule has 3 heterocycles. The Hall–Kier alpha value is -3.35. The number of hydrazone groups is 1. The Morgan fingerprint density at radius 3 is 2.55 bits per heavy atom. The fraction of sp³-hybridized carbons (Fsp3) is 0. The lowest BCUT2D eigenvalue weighted by Gasteiger charge is -2.06. The highest BCUT2D eigenvalue weighted by molar-refractivity contribution is 6.54. The van der Waals surface area contributed by atoms with Crippen molar-refractivity contribution in [2.45, 2.75) is 0 Å². The van der Waals surface area contributed by atoms with Crippen LogP contribution in [0.25, 0.3) is 0 Å². The molecule has 0 atom stereocenters. The van der Waals surface area contributed by atoms with Gasteiger partial charge in [0, 0.05) is 11.8 Å². The molecule has 0 bridgehead atoms. The molecule has 0 aliphatic carbocycles. The minimum absolute atomic E-state index is 0.0325. The molecule has 4 rings (SSSR count). The van der Waals surface area contributed by atoms with Crippen LogP contribution in [0.4, 0.5) is 5.69 Å². The van der Waals surface area contributed by atoms with Gasteiger partial charge in [-0.05, 0) is 18.2 Å². The van der Waals surface area contributed by atoms with Crippen LogP contribution >= 0.6 is 0 Å². The van der Waals surface area contributed by atoms with Crippen molar-refractivity contribution in [3.63, 3.8) is 0 Å². The monoisotopic (exact) mass is 292 g/mol. The summed E-state index contributed by atoms with van der Waals surface area (Å²) in [7, 11) is 0. The molecular weight excluding hydrogens is 284 g/mol. The van der Waals surface area contributed by atoms with Crippen LogP contribution in [0.3, 0.4) is 0 Å². The van der Waals surface area contributed by atoms with Crippen LogP contribution in [0.1, 0.15) is 26.4 Å². The number of nitrogens with zero attached hydrogens (tertiary/aromatic N) is 3. The number of anilines is 1. The zero-order valence-electron chi connectivity index (χ0n) is 11.1. The second kappa shape index (κ2) is 4.32. The summed E-state index contributed by atoms with van der Waals surface area (Å²) < 4.78 is 0. The number of benzene rings is 1.